The molecule has 27 heavy (non-hydrogen) atoms. The smallest absolute Gasteiger partial charge is 0.310 e. The van der Waals surface area contributed by atoms with E-state index in [0.717, 1.165) is 11.3 Å². The first-order valence-electron chi connectivity index (χ1n) is 8.74. The SMILES string of the molecule is CCOC(=O)C1CCCN([C@H]2CS(=O)(=O)C[C@@H]2S(=O)(=O)c2ccc(Cl)s2)C1. The van der Waals surface area contributed by atoms with Crippen molar-refractivity contribution in [3.8, 4) is 0 Å². The van der Waals surface area contributed by atoms with Crippen LogP contribution in [0.15, 0.2) is 16.3 Å². The number of ether oxygens (including phenoxy) is 1. The molecule has 0 radical (unpaired) electrons. The maximum atomic E-state index is 13.1. The molecule has 7 nitrogen and oxygen atoms in total. The van der Waals surface area contributed by atoms with Crippen LogP contribution in [0.3, 0.4) is 0 Å². The Labute approximate surface area is 168 Å². The Kier molecular flexibility index (Phi) is 6.22. The van der Waals surface area contributed by atoms with E-state index in [-0.39, 0.29) is 28.5 Å². The highest BCUT2D eigenvalue weighted by Crippen LogP contribution is 2.35. The molecule has 0 N–H and O–H groups in total. The van der Waals surface area contributed by atoms with Gasteiger partial charge in [-0.15, -0.1) is 11.3 Å². The number of esters is 1. The summed E-state index contributed by atoms with van der Waals surface area (Å²) in [4.78, 5) is 13.9. The summed E-state index contributed by atoms with van der Waals surface area (Å²) in [6.07, 6.45) is 1.35. The third-order valence-corrected chi connectivity index (χ3v) is 10.9. The molecule has 0 aromatic carbocycles. The van der Waals surface area contributed by atoms with E-state index in [0.29, 0.717) is 30.3 Å². The average molecular weight is 456 g/mol. The third-order valence-electron chi connectivity index (χ3n) is 5.04. The lowest BCUT2D eigenvalue weighted by atomic mass is 9.96. The summed E-state index contributed by atoms with van der Waals surface area (Å²) < 4.78 is 56.2. The van der Waals surface area contributed by atoms with Gasteiger partial charge in [0, 0.05) is 12.6 Å². The minimum Gasteiger partial charge on any atom is -0.466 e. The number of halogens is 1. The number of sulfone groups is 2. The van der Waals surface area contributed by atoms with Crippen molar-refractivity contribution in [3.63, 3.8) is 0 Å². The Morgan fingerprint density at radius 1 is 1.37 bits per heavy atom. The summed E-state index contributed by atoms with van der Waals surface area (Å²) >= 11 is 6.80. The van der Waals surface area contributed by atoms with E-state index >= 15 is 0 Å². The quantitative estimate of drug-likeness (QED) is 0.622. The summed E-state index contributed by atoms with van der Waals surface area (Å²) in [7, 11) is -7.33. The highest BCUT2D eigenvalue weighted by molar-refractivity contribution is 7.97. The lowest BCUT2D eigenvalue weighted by Gasteiger charge is -2.37. The van der Waals surface area contributed by atoms with Gasteiger partial charge in [0.1, 0.15) is 4.21 Å². The van der Waals surface area contributed by atoms with Gasteiger partial charge in [0.15, 0.2) is 19.7 Å². The van der Waals surface area contributed by atoms with Crippen LogP contribution >= 0.6 is 22.9 Å². The third kappa shape index (κ3) is 4.50. The van der Waals surface area contributed by atoms with E-state index in [1.165, 1.54) is 12.1 Å². The number of likely N-dealkylation sites (tertiary alicyclic amines) is 1. The van der Waals surface area contributed by atoms with Crippen molar-refractivity contribution in [1.82, 2.24) is 4.90 Å². The number of carbonyl (C=O) groups excluding carboxylic acids is 1. The molecule has 0 spiro atoms. The van der Waals surface area contributed by atoms with Crippen molar-refractivity contribution in [2.45, 2.75) is 35.3 Å². The predicted octanol–water partition coefficient (Wildman–Crippen LogP) is 1.62. The van der Waals surface area contributed by atoms with Crippen molar-refractivity contribution in [2.75, 3.05) is 31.2 Å². The van der Waals surface area contributed by atoms with E-state index in [1.807, 2.05) is 4.90 Å². The highest BCUT2D eigenvalue weighted by Gasteiger charge is 2.49. The van der Waals surface area contributed by atoms with Crippen LogP contribution in [0.4, 0.5) is 0 Å². The number of rotatable bonds is 5. The van der Waals surface area contributed by atoms with Gasteiger partial charge in [0.2, 0.25) is 0 Å². The highest BCUT2D eigenvalue weighted by atomic mass is 35.5. The second-order valence-corrected chi connectivity index (χ2v) is 13.1. The minimum absolute atomic E-state index is 0.0820. The summed E-state index contributed by atoms with van der Waals surface area (Å²) in [6.45, 7) is 2.89. The maximum Gasteiger partial charge on any atom is 0.310 e. The van der Waals surface area contributed by atoms with Gasteiger partial charge in [0.05, 0.1) is 33.6 Å². The van der Waals surface area contributed by atoms with E-state index in [2.05, 4.69) is 0 Å². The molecule has 2 aliphatic rings. The van der Waals surface area contributed by atoms with E-state index < -0.39 is 36.7 Å². The fourth-order valence-corrected chi connectivity index (χ4v) is 10.3. The topological polar surface area (TPSA) is 97.8 Å². The number of hydrogen-bond acceptors (Lipinski definition) is 8. The number of carbonyl (C=O) groups is 1. The van der Waals surface area contributed by atoms with Crippen molar-refractivity contribution in [1.29, 1.82) is 0 Å². The second kappa shape index (κ2) is 7.98. The predicted molar refractivity (Wildman–Crippen MR) is 104 cm³/mol. The summed E-state index contributed by atoms with van der Waals surface area (Å²) in [5.74, 6) is -1.30. The Hall–Kier alpha value is -0.680. The van der Waals surface area contributed by atoms with E-state index in [4.69, 9.17) is 16.3 Å². The standard InChI is InChI=1S/C16H22ClNO6S3/c1-2-24-16(19)11-4-3-7-18(8-11)12-9-26(20,21)10-13(12)27(22,23)15-6-5-14(17)25-15/h5-6,11-13H,2-4,7-10H2,1H3/t11?,12-,13-/m0/s1. The molecule has 0 saturated carbocycles. The second-order valence-electron chi connectivity index (χ2n) is 6.87. The lowest BCUT2D eigenvalue weighted by Crippen LogP contribution is -2.51. The summed E-state index contributed by atoms with van der Waals surface area (Å²) in [6, 6.07) is 2.25. The Bertz CT molecular complexity index is 910. The lowest BCUT2D eigenvalue weighted by molar-refractivity contribution is -0.150. The molecule has 1 aromatic rings. The van der Waals surface area contributed by atoms with Crippen LogP contribution in [0.2, 0.25) is 4.34 Å². The molecular formula is C16H22ClNO6S3. The van der Waals surface area contributed by atoms with Gasteiger partial charge < -0.3 is 4.74 Å². The first-order chi connectivity index (χ1) is 12.6. The largest absolute Gasteiger partial charge is 0.466 e. The Morgan fingerprint density at radius 2 is 2.11 bits per heavy atom. The number of piperidine rings is 1. The molecule has 1 aromatic heterocycles. The molecular weight excluding hydrogens is 434 g/mol. The molecule has 3 heterocycles. The Balaban J connectivity index is 1.87. The minimum atomic E-state index is -3.84. The fourth-order valence-electron chi connectivity index (χ4n) is 3.79. The molecule has 2 aliphatic heterocycles. The van der Waals surface area contributed by atoms with Crippen LogP contribution in [-0.4, -0.2) is 70.2 Å². The monoisotopic (exact) mass is 455 g/mol. The Morgan fingerprint density at radius 3 is 2.74 bits per heavy atom. The van der Waals surface area contributed by atoms with Crippen LogP contribution in [0, 0.1) is 5.92 Å². The molecule has 0 bridgehead atoms. The molecule has 1 unspecified atom stereocenters. The van der Waals surface area contributed by atoms with Gasteiger partial charge >= 0.3 is 5.97 Å². The van der Waals surface area contributed by atoms with Crippen molar-refractivity contribution in [2.24, 2.45) is 5.92 Å². The van der Waals surface area contributed by atoms with Crippen LogP contribution < -0.4 is 0 Å². The average Bonchev–Trinajstić information content (AvgIpc) is 3.19. The van der Waals surface area contributed by atoms with Crippen LogP contribution in [0.5, 0.6) is 0 Å². The van der Waals surface area contributed by atoms with Gasteiger partial charge in [-0.25, -0.2) is 16.8 Å². The van der Waals surface area contributed by atoms with Gasteiger partial charge in [0.25, 0.3) is 0 Å². The molecule has 2 fully saturated rings. The van der Waals surface area contributed by atoms with Crippen molar-refractivity contribution >= 4 is 48.6 Å². The number of hydrogen-bond donors (Lipinski definition) is 0. The maximum absolute atomic E-state index is 13.1. The fraction of sp³-hybridized carbons (Fsp3) is 0.688. The normalized spacial score (nSPS) is 28.9. The molecule has 152 valence electrons. The number of nitrogens with zero attached hydrogens (tertiary/aromatic N) is 1. The molecule has 3 rings (SSSR count). The molecule has 0 amide bonds. The van der Waals surface area contributed by atoms with Crippen molar-refractivity contribution < 1.29 is 26.4 Å². The number of thiophene rings is 1. The van der Waals surface area contributed by atoms with Gasteiger partial charge in [-0.3, -0.25) is 9.69 Å². The molecule has 3 atom stereocenters. The first kappa shape index (κ1) is 21.0. The first-order valence-corrected chi connectivity index (χ1v) is 13.3. The molecule has 2 saturated heterocycles. The summed E-state index contributed by atoms with van der Waals surface area (Å²) in [5.41, 5.74) is 0. The van der Waals surface area contributed by atoms with Crippen LogP contribution in [-0.2, 0) is 29.2 Å². The van der Waals surface area contributed by atoms with Crippen LogP contribution in [0.25, 0.3) is 0 Å². The van der Waals surface area contributed by atoms with Crippen LogP contribution in [0.1, 0.15) is 19.8 Å². The zero-order chi connectivity index (χ0) is 19.8. The van der Waals surface area contributed by atoms with Gasteiger partial charge in [-0.1, -0.05) is 11.6 Å². The summed E-state index contributed by atoms with van der Waals surface area (Å²) in [5, 5.41) is -1.06. The molecule has 0 aliphatic carbocycles. The van der Waals surface area contributed by atoms with Gasteiger partial charge in [-0.05, 0) is 38.4 Å². The zero-order valence-electron chi connectivity index (χ0n) is 14.8. The zero-order valence-corrected chi connectivity index (χ0v) is 18.0. The van der Waals surface area contributed by atoms with Crippen molar-refractivity contribution in [3.05, 3.63) is 16.5 Å². The molecule has 11 heteroatoms. The van der Waals surface area contributed by atoms with E-state index in [9.17, 15) is 21.6 Å². The van der Waals surface area contributed by atoms with Gasteiger partial charge in [-0.2, -0.15) is 0 Å². The van der Waals surface area contributed by atoms with E-state index in [1.54, 1.807) is 6.92 Å².